The molecular formula is C3H4F. The Morgan fingerprint density at radius 1 is 2.00 bits per heavy atom. The standard InChI is InChI=1S/C3H4F/c1-3(2)4/h1H,2H3. The first-order valence-corrected chi connectivity index (χ1v) is 0.978. The van der Waals surface area contributed by atoms with Crippen LogP contribution < -0.4 is 0 Å². The van der Waals surface area contributed by atoms with Gasteiger partial charge in [-0.05, 0) is 13.5 Å². The third kappa shape index (κ3) is 6.88. The molecule has 0 unspecified atom stereocenters. The lowest BCUT2D eigenvalue weighted by Crippen LogP contribution is -1.39. The fraction of sp³-hybridized carbons (Fsp3) is 0.333. The Balaban J connectivity index is 2.80. The predicted molar refractivity (Wildman–Crippen MR) is 14.6 cm³/mol. The molecule has 0 N–H and O–H groups in total. The van der Waals surface area contributed by atoms with E-state index in [0.717, 1.165) is 0 Å². The first-order valence-electron chi connectivity index (χ1n) is 0.978. The SMILES string of the molecule is [CH]=C(C)F. The second-order valence-corrected chi connectivity index (χ2v) is 0.587. The molecule has 0 fully saturated rings. The van der Waals surface area contributed by atoms with E-state index in [1.165, 1.54) is 6.92 Å². The van der Waals surface area contributed by atoms with Crippen LogP contribution in [0, 0.1) is 6.58 Å². The molecule has 0 amide bonds. The summed E-state index contributed by atoms with van der Waals surface area (Å²) in [7, 11) is 0. The summed E-state index contributed by atoms with van der Waals surface area (Å²) in [6.45, 7) is 5.56. The molecule has 0 spiro atoms. The van der Waals surface area contributed by atoms with Gasteiger partial charge in [0.1, 0.15) is 0 Å². The average molecular weight is 59.1 g/mol. The van der Waals surface area contributed by atoms with Crippen molar-refractivity contribution in [2.75, 3.05) is 0 Å². The highest BCUT2D eigenvalue weighted by Gasteiger charge is 1.59. The van der Waals surface area contributed by atoms with Crippen LogP contribution in [-0.2, 0) is 0 Å². The van der Waals surface area contributed by atoms with Crippen molar-refractivity contribution in [2.45, 2.75) is 6.92 Å². The van der Waals surface area contributed by atoms with Crippen LogP contribution in [-0.4, -0.2) is 0 Å². The molecule has 1 heteroatoms. The maximum atomic E-state index is 10.7. The van der Waals surface area contributed by atoms with Crippen molar-refractivity contribution in [3.63, 3.8) is 0 Å². The van der Waals surface area contributed by atoms with Crippen molar-refractivity contribution in [1.29, 1.82) is 0 Å². The van der Waals surface area contributed by atoms with Gasteiger partial charge in [0, 0.05) is 0 Å². The van der Waals surface area contributed by atoms with Gasteiger partial charge in [-0.25, -0.2) is 4.39 Å². The van der Waals surface area contributed by atoms with Gasteiger partial charge in [0.15, 0.2) is 0 Å². The third-order valence-corrected chi connectivity index (χ3v) is 0. The molecule has 0 bridgehead atoms. The summed E-state index contributed by atoms with van der Waals surface area (Å²) < 4.78 is 10.7. The molecule has 0 nitrogen and oxygen atoms in total. The van der Waals surface area contributed by atoms with Gasteiger partial charge in [0.2, 0.25) is 0 Å². The van der Waals surface area contributed by atoms with Crippen LogP contribution in [0.5, 0.6) is 0 Å². The molecule has 0 saturated heterocycles. The lowest BCUT2D eigenvalue weighted by Gasteiger charge is -1.59. The quantitative estimate of drug-likeness (QED) is 0.394. The minimum atomic E-state index is -0.583. The molecule has 0 aliphatic rings. The Labute approximate surface area is 24.9 Å². The van der Waals surface area contributed by atoms with Crippen molar-refractivity contribution in [2.24, 2.45) is 0 Å². The van der Waals surface area contributed by atoms with E-state index in [-0.39, 0.29) is 0 Å². The summed E-state index contributed by atoms with van der Waals surface area (Å²) in [5.41, 5.74) is 0. The van der Waals surface area contributed by atoms with Crippen molar-refractivity contribution >= 4 is 0 Å². The Hall–Kier alpha value is -0.330. The van der Waals surface area contributed by atoms with Gasteiger partial charge in [-0.15, -0.1) is 0 Å². The molecular weight excluding hydrogens is 55.0 g/mol. The summed E-state index contributed by atoms with van der Waals surface area (Å²) in [6, 6.07) is 0. The smallest absolute Gasteiger partial charge is 0.0969 e. The van der Waals surface area contributed by atoms with E-state index in [9.17, 15) is 4.39 Å². The zero-order valence-electron chi connectivity index (χ0n) is 2.46. The van der Waals surface area contributed by atoms with Crippen molar-refractivity contribution in [3.05, 3.63) is 12.4 Å². The van der Waals surface area contributed by atoms with Gasteiger partial charge < -0.3 is 0 Å². The highest BCUT2D eigenvalue weighted by molar-refractivity contribution is 4.63. The van der Waals surface area contributed by atoms with Crippen LogP contribution in [0.3, 0.4) is 0 Å². The van der Waals surface area contributed by atoms with Crippen molar-refractivity contribution in [3.8, 4) is 0 Å². The molecule has 0 heterocycles. The zero-order valence-corrected chi connectivity index (χ0v) is 2.46. The first-order chi connectivity index (χ1) is 1.73. The summed E-state index contributed by atoms with van der Waals surface area (Å²) in [6.07, 6.45) is 0. The average Bonchev–Trinajstić information content (AvgIpc) is 0.811. The highest BCUT2D eigenvalue weighted by atomic mass is 19.1. The van der Waals surface area contributed by atoms with Crippen molar-refractivity contribution < 1.29 is 4.39 Å². The molecule has 0 aromatic rings. The molecule has 0 aliphatic heterocycles. The van der Waals surface area contributed by atoms with E-state index in [1.807, 2.05) is 0 Å². The van der Waals surface area contributed by atoms with E-state index in [4.69, 9.17) is 0 Å². The largest absolute Gasteiger partial charge is 0.212 e. The number of allylic oxidation sites excluding steroid dienone is 1. The molecule has 23 valence electrons. The van der Waals surface area contributed by atoms with Crippen LogP contribution >= 0.6 is 0 Å². The van der Waals surface area contributed by atoms with E-state index in [2.05, 4.69) is 6.58 Å². The molecule has 0 atom stereocenters. The van der Waals surface area contributed by atoms with Crippen LogP contribution in [0.15, 0.2) is 5.83 Å². The summed E-state index contributed by atoms with van der Waals surface area (Å²) in [5, 5.41) is 0. The topological polar surface area (TPSA) is 0 Å². The van der Waals surface area contributed by atoms with Gasteiger partial charge in [-0.3, -0.25) is 0 Å². The lowest BCUT2D eigenvalue weighted by molar-refractivity contribution is 0.642. The monoisotopic (exact) mass is 59.0 g/mol. The molecule has 0 aromatic heterocycles. The van der Waals surface area contributed by atoms with Crippen LogP contribution in [0.2, 0.25) is 0 Å². The van der Waals surface area contributed by atoms with E-state index in [1.54, 1.807) is 0 Å². The van der Waals surface area contributed by atoms with E-state index in [0.29, 0.717) is 0 Å². The van der Waals surface area contributed by atoms with Crippen LogP contribution in [0.1, 0.15) is 6.92 Å². The zero-order chi connectivity index (χ0) is 3.58. The van der Waals surface area contributed by atoms with Gasteiger partial charge in [-0.1, -0.05) is 0 Å². The molecule has 4 heavy (non-hydrogen) atoms. The minimum Gasteiger partial charge on any atom is -0.212 e. The normalized spacial score (nSPS) is 6.50. The van der Waals surface area contributed by atoms with Crippen LogP contribution in [0.25, 0.3) is 0 Å². The van der Waals surface area contributed by atoms with Gasteiger partial charge in [-0.2, -0.15) is 0 Å². The summed E-state index contributed by atoms with van der Waals surface area (Å²) in [4.78, 5) is 0. The number of hydrogen-bond acceptors (Lipinski definition) is 0. The van der Waals surface area contributed by atoms with E-state index >= 15 is 0 Å². The maximum absolute atomic E-state index is 10.7. The Morgan fingerprint density at radius 3 is 2.00 bits per heavy atom. The summed E-state index contributed by atoms with van der Waals surface area (Å²) >= 11 is 0. The molecule has 0 aliphatic carbocycles. The highest BCUT2D eigenvalue weighted by Crippen LogP contribution is 1.79. The second-order valence-electron chi connectivity index (χ2n) is 0.587. The Bertz CT molecular complexity index is 26.3. The number of halogens is 1. The number of rotatable bonds is 0. The molecule has 0 saturated carbocycles. The Kier molecular flexibility index (Phi) is 0.958. The van der Waals surface area contributed by atoms with Crippen molar-refractivity contribution in [1.82, 2.24) is 0 Å². The second kappa shape index (κ2) is 1.04. The first kappa shape index (κ1) is 3.67. The maximum Gasteiger partial charge on any atom is 0.0969 e. The van der Waals surface area contributed by atoms with E-state index < -0.39 is 5.83 Å². The minimum absolute atomic E-state index is 0.583. The molecule has 1 radical (unpaired) electrons. The summed E-state index contributed by atoms with van der Waals surface area (Å²) in [5.74, 6) is -0.583. The molecule has 0 rings (SSSR count). The molecule has 0 aromatic carbocycles. The number of hydrogen-bond donors (Lipinski definition) is 0. The van der Waals surface area contributed by atoms with Gasteiger partial charge >= 0.3 is 0 Å². The van der Waals surface area contributed by atoms with Gasteiger partial charge in [0.05, 0.1) is 5.83 Å². The predicted octanol–water partition coefficient (Wildman–Crippen LogP) is 1.29. The third-order valence-electron chi connectivity index (χ3n) is 0. The fourth-order valence-corrected chi connectivity index (χ4v) is 0. The van der Waals surface area contributed by atoms with Crippen LogP contribution in [0.4, 0.5) is 4.39 Å². The lowest BCUT2D eigenvalue weighted by atomic mass is 10.7. The van der Waals surface area contributed by atoms with Gasteiger partial charge in [0.25, 0.3) is 0 Å². The Morgan fingerprint density at radius 2 is 2.00 bits per heavy atom. The fourth-order valence-electron chi connectivity index (χ4n) is 0.